The van der Waals surface area contributed by atoms with Crippen LogP contribution in [0, 0.1) is 12.8 Å². The van der Waals surface area contributed by atoms with Crippen molar-refractivity contribution >= 4 is 20.9 Å². The van der Waals surface area contributed by atoms with E-state index < -0.39 is 10.0 Å². The third-order valence-electron chi connectivity index (χ3n) is 5.95. The maximum absolute atomic E-state index is 13.2. The van der Waals surface area contributed by atoms with E-state index in [0.29, 0.717) is 10.8 Å². The Labute approximate surface area is 167 Å². The van der Waals surface area contributed by atoms with Crippen LogP contribution in [0.4, 0.5) is 0 Å². The Kier molecular flexibility index (Phi) is 5.30. The van der Waals surface area contributed by atoms with Crippen LogP contribution in [-0.2, 0) is 16.4 Å². The fourth-order valence-electron chi connectivity index (χ4n) is 4.43. The zero-order valence-electron chi connectivity index (χ0n) is 16.6. The fourth-order valence-corrected chi connectivity index (χ4v) is 5.87. The Balaban J connectivity index is 1.74. The summed E-state index contributed by atoms with van der Waals surface area (Å²) in [7, 11) is -1.40. The molecule has 0 aliphatic carbocycles. The van der Waals surface area contributed by atoms with Gasteiger partial charge >= 0.3 is 0 Å². The lowest BCUT2D eigenvalue weighted by molar-refractivity contribution is 0.341. The molecule has 1 aliphatic heterocycles. The Bertz CT molecular complexity index is 1070. The average molecular weight is 397 g/mol. The summed E-state index contributed by atoms with van der Waals surface area (Å²) in [4.78, 5) is 2.73. The van der Waals surface area contributed by atoms with Gasteiger partial charge in [0.15, 0.2) is 0 Å². The van der Waals surface area contributed by atoms with Crippen molar-refractivity contribution < 1.29 is 8.42 Å². The molecule has 4 rings (SSSR count). The van der Waals surface area contributed by atoms with Crippen LogP contribution in [0.1, 0.15) is 30.4 Å². The van der Waals surface area contributed by atoms with Gasteiger partial charge < -0.3 is 4.90 Å². The van der Waals surface area contributed by atoms with Crippen molar-refractivity contribution in [1.82, 2.24) is 8.87 Å². The van der Waals surface area contributed by atoms with E-state index in [1.54, 1.807) is 30.5 Å². The van der Waals surface area contributed by atoms with Crippen molar-refractivity contribution in [3.05, 3.63) is 65.9 Å². The maximum atomic E-state index is 13.2. The molecule has 1 fully saturated rings. The first-order valence-corrected chi connectivity index (χ1v) is 11.5. The molecule has 1 aliphatic rings. The van der Waals surface area contributed by atoms with Crippen LogP contribution < -0.4 is 0 Å². The van der Waals surface area contributed by atoms with Crippen molar-refractivity contribution in [1.29, 1.82) is 0 Å². The van der Waals surface area contributed by atoms with E-state index in [1.807, 2.05) is 25.1 Å². The minimum absolute atomic E-state index is 0.323. The zero-order valence-corrected chi connectivity index (χ0v) is 17.5. The van der Waals surface area contributed by atoms with Gasteiger partial charge in [0.25, 0.3) is 10.0 Å². The number of benzene rings is 2. The smallest absolute Gasteiger partial charge is 0.268 e. The number of nitrogens with zero attached hydrogens (tertiary/aromatic N) is 2. The Hall–Kier alpha value is -2.11. The highest BCUT2D eigenvalue weighted by Crippen LogP contribution is 2.31. The molecule has 148 valence electrons. The SMILES string of the molecule is Cc1cn(S(=O)(=O)c2ccccc2)c2cccc(CC3CCCN(C)CC3)c12. The van der Waals surface area contributed by atoms with Gasteiger partial charge in [-0.05, 0) is 88.0 Å². The molecule has 0 radical (unpaired) electrons. The van der Waals surface area contributed by atoms with E-state index >= 15 is 0 Å². The van der Waals surface area contributed by atoms with Gasteiger partial charge in [0.1, 0.15) is 0 Å². The van der Waals surface area contributed by atoms with Crippen LogP contribution in [0.15, 0.2) is 59.6 Å². The topological polar surface area (TPSA) is 42.3 Å². The van der Waals surface area contributed by atoms with Crippen molar-refractivity contribution in [2.45, 2.75) is 37.5 Å². The second kappa shape index (κ2) is 7.72. The number of aryl methyl sites for hydroxylation is 1. The molecule has 2 heterocycles. The number of hydrogen-bond donors (Lipinski definition) is 0. The van der Waals surface area contributed by atoms with Gasteiger partial charge in [0.05, 0.1) is 10.4 Å². The molecule has 0 N–H and O–H groups in total. The van der Waals surface area contributed by atoms with Crippen molar-refractivity contribution in [3.8, 4) is 0 Å². The molecule has 0 saturated carbocycles. The van der Waals surface area contributed by atoms with Crippen LogP contribution in [0.2, 0.25) is 0 Å². The first-order chi connectivity index (χ1) is 13.5. The molecule has 28 heavy (non-hydrogen) atoms. The lowest BCUT2D eigenvalue weighted by Gasteiger charge is -2.16. The number of likely N-dealkylation sites (tertiary alicyclic amines) is 1. The maximum Gasteiger partial charge on any atom is 0.268 e. The molecule has 5 heteroatoms. The fraction of sp³-hybridized carbons (Fsp3) is 0.391. The Morgan fingerprint density at radius 1 is 1.00 bits per heavy atom. The summed E-state index contributed by atoms with van der Waals surface area (Å²) >= 11 is 0. The van der Waals surface area contributed by atoms with Crippen molar-refractivity contribution in [3.63, 3.8) is 0 Å². The third-order valence-corrected chi connectivity index (χ3v) is 7.64. The van der Waals surface area contributed by atoms with Gasteiger partial charge in [-0.3, -0.25) is 0 Å². The highest BCUT2D eigenvalue weighted by Gasteiger charge is 2.22. The van der Waals surface area contributed by atoms with E-state index in [4.69, 9.17) is 0 Å². The third kappa shape index (κ3) is 3.61. The van der Waals surface area contributed by atoms with Gasteiger partial charge in [-0.15, -0.1) is 0 Å². The van der Waals surface area contributed by atoms with E-state index in [9.17, 15) is 8.42 Å². The molecule has 3 aromatic rings. The minimum atomic E-state index is -3.60. The number of rotatable bonds is 4. The predicted octanol–water partition coefficient (Wildman–Crippen LogP) is 4.46. The average Bonchev–Trinajstić information content (AvgIpc) is 2.91. The second-order valence-electron chi connectivity index (χ2n) is 8.04. The zero-order chi connectivity index (χ0) is 19.7. The largest absolute Gasteiger partial charge is 0.306 e. The van der Waals surface area contributed by atoms with Gasteiger partial charge in [0, 0.05) is 11.6 Å². The summed E-state index contributed by atoms with van der Waals surface area (Å²) in [6, 6.07) is 14.8. The van der Waals surface area contributed by atoms with Crippen LogP contribution in [0.5, 0.6) is 0 Å². The standard InChI is InChI=1S/C23H28N2O2S/c1-18-17-25(28(26,27)21-10-4-3-5-11-21)22-12-6-9-20(23(18)22)16-19-8-7-14-24(2)15-13-19/h3-6,9-12,17,19H,7-8,13-16H2,1-2H3. The first-order valence-electron chi connectivity index (χ1n) is 10.1. The van der Waals surface area contributed by atoms with Crippen LogP contribution >= 0.6 is 0 Å². The van der Waals surface area contributed by atoms with Gasteiger partial charge in [-0.1, -0.05) is 30.3 Å². The monoisotopic (exact) mass is 396 g/mol. The highest BCUT2D eigenvalue weighted by molar-refractivity contribution is 7.90. The van der Waals surface area contributed by atoms with Gasteiger partial charge in [-0.25, -0.2) is 12.4 Å². The molecule has 0 amide bonds. The first kappa shape index (κ1) is 19.2. The molecular formula is C23H28N2O2S. The van der Waals surface area contributed by atoms with Gasteiger partial charge in [-0.2, -0.15) is 0 Å². The molecule has 2 aromatic carbocycles. The van der Waals surface area contributed by atoms with Crippen LogP contribution in [0.3, 0.4) is 0 Å². The highest BCUT2D eigenvalue weighted by atomic mass is 32.2. The second-order valence-corrected chi connectivity index (χ2v) is 9.86. The van der Waals surface area contributed by atoms with E-state index in [2.05, 4.69) is 18.0 Å². The van der Waals surface area contributed by atoms with E-state index in [-0.39, 0.29) is 0 Å². The van der Waals surface area contributed by atoms with Gasteiger partial charge in [0.2, 0.25) is 0 Å². The normalized spacial score (nSPS) is 19.0. The molecule has 1 unspecified atom stereocenters. The van der Waals surface area contributed by atoms with Crippen molar-refractivity contribution in [2.24, 2.45) is 5.92 Å². The molecule has 4 nitrogen and oxygen atoms in total. The predicted molar refractivity (Wildman–Crippen MR) is 114 cm³/mol. The molecule has 0 bridgehead atoms. The van der Waals surface area contributed by atoms with E-state index in [1.165, 1.54) is 35.3 Å². The Morgan fingerprint density at radius 3 is 2.57 bits per heavy atom. The lowest BCUT2D eigenvalue weighted by atomic mass is 9.90. The van der Waals surface area contributed by atoms with Crippen molar-refractivity contribution in [2.75, 3.05) is 20.1 Å². The lowest BCUT2D eigenvalue weighted by Crippen LogP contribution is -2.19. The quantitative estimate of drug-likeness (QED) is 0.654. The number of aromatic nitrogens is 1. The van der Waals surface area contributed by atoms with E-state index in [0.717, 1.165) is 29.4 Å². The van der Waals surface area contributed by atoms with Crippen LogP contribution in [0.25, 0.3) is 10.9 Å². The molecule has 0 spiro atoms. The summed E-state index contributed by atoms with van der Waals surface area (Å²) in [5.74, 6) is 0.657. The van der Waals surface area contributed by atoms with Crippen LogP contribution in [-0.4, -0.2) is 37.4 Å². The summed E-state index contributed by atoms with van der Waals surface area (Å²) < 4.78 is 27.9. The summed E-state index contributed by atoms with van der Waals surface area (Å²) in [6.45, 7) is 4.33. The molecule has 1 saturated heterocycles. The summed E-state index contributed by atoms with van der Waals surface area (Å²) in [5, 5.41) is 1.10. The number of fused-ring (bicyclic) bond motifs is 1. The minimum Gasteiger partial charge on any atom is -0.306 e. The number of hydrogen-bond acceptors (Lipinski definition) is 3. The summed E-state index contributed by atoms with van der Waals surface area (Å²) in [6.07, 6.45) is 6.47. The molecular weight excluding hydrogens is 368 g/mol. The molecule has 1 atom stereocenters. The summed E-state index contributed by atoms with van der Waals surface area (Å²) in [5.41, 5.74) is 3.08. The Morgan fingerprint density at radius 2 is 1.79 bits per heavy atom. The molecule has 1 aromatic heterocycles.